The maximum Gasteiger partial charge on any atom is 0.228 e. The quantitative estimate of drug-likeness (QED) is 0.876. The molecule has 3 nitrogen and oxygen atoms in total. The van der Waals surface area contributed by atoms with E-state index in [0.29, 0.717) is 12.0 Å². The number of anilines is 1. The maximum absolute atomic E-state index is 12.9. The van der Waals surface area contributed by atoms with Crippen LogP contribution in [0.2, 0.25) is 0 Å². The predicted molar refractivity (Wildman–Crippen MR) is 80.5 cm³/mol. The van der Waals surface area contributed by atoms with E-state index in [2.05, 4.69) is 5.32 Å². The Morgan fingerprint density at radius 2 is 1.81 bits per heavy atom. The molecule has 2 aromatic rings. The smallest absolute Gasteiger partial charge is 0.228 e. The Kier molecular flexibility index (Phi) is 2.52. The molecule has 0 spiro atoms. The Balaban J connectivity index is 1.70. The van der Waals surface area contributed by atoms with Crippen molar-refractivity contribution in [2.24, 2.45) is 0 Å². The Morgan fingerprint density at radius 3 is 2.52 bits per heavy atom. The molecule has 104 valence electrons. The van der Waals surface area contributed by atoms with E-state index in [1.54, 1.807) is 0 Å². The van der Waals surface area contributed by atoms with Gasteiger partial charge in [0.1, 0.15) is 0 Å². The number of ketones is 1. The van der Waals surface area contributed by atoms with Crippen molar-refractivity contribution < 1.29 is 9.59 Å². The van der Waals surface area contributed by atoms with Gasteiger partial charge in [-0.3, -0.25) is 9.59 Å². The van der Waals surface area contributed by atoms with Crippen LogP contribution >= 0.6 is 0 Å². The van der Waals surface area contributed by atoms with Crippen molar-refractivity contribution in [2.45, 2.75) is 24.7 Å². The number of nitrogens with one attached hydrogen (secondary N) is 1. The van der Waals surface area contributed by atoms with Gasteiger partial charge in [0.15, 0.2) is 5.78 Å². The van der Waals surface area contributed by atoms with Crippen LogP contribution in [0.15, 0.2) is 48.5 Å². The Labute approximate surface area is 123 Å². The summed E-state index contributed by atoms with van der Waals surface area (Å²) >= 11 is 0. The fourth-order valence-corrected chi connectivity index (χ4v) is 3.18. The van der Waals surface area contributed by atoms with E-state index in [1.165, 1.54) is 0 Å². The van der Waals surface area contributed by atoms with Gasteiger partial charge in [-0.05, 0) is 42.2 Å². The topological polar surface area (TPSA) is 46.2 Å². The van der Waals surface area contributed by atoms with Crippen molar-refractivity contribution >= 4 is 17.4 Å². The SMILES string of the molecule is O=C1Cc2cc(C(=O)C3(c4ccccc4)CC3)ccc2N1. The van der Waals surface area contributed by atoms with Crippen LogP contribution < -0.4 is 5.32 Å². The first-order valence-electron chi connectivity index (χ1n) is 7.22. The molecule has 0 radical (unpaired) electrons. The van der Waals surface area contributed by atoms with Crippen LogP contribution in [0.25, 0.3) is 0 Å². The van der Waals surface area contributed by atoms with Crippen molar-refractivity contribution in [1.82, 2.24) is 0 Å². The van der Waals surface area contributed by atoms with E-state index in [1.807, 2.05) is 48.5 Å². The number of rotatable bonds is 3. The summed E-state index contributed by atoms with van der Waals surface area (Å²) in [5, 5.41) is 2.80. The van der Waals surface area contributed by atoms with Crippen molar-refractivity contribution in [2.75, 3.05) is 5.32 Å². The lowest BCUT2D eigenvalue weighted by molar-refractivity contribution is -0.115. The summed E-state index contributed by atoms with van der Waals surface area (Å²) in [4.78, 5) is 24.3. The summed E-state index contributed by atoms with van der Waals surface area (Å²) in [7, 11) is 0. The molecule has 1 amide bonds. The van der Waals surface area contributed by atoms with Gasteiger partial charge in [0.2, 0.25) is 5.91 Å². The second kappa shape index (κ2) is 4.29. The highest BCUT2D eigenvalue weighted by Gasteiger charge is 2.51. The highest BCUT2D eigenvalue weighted by Crippen LogP contribution is 2.50. The zero-order chi connectivity index (χ0) is 14.4. The zero-order valence-electron chi connectivity index (χ0n) is 11.6. The minimum Gasteiger partial charge on any atom is -0.326 e. The second-order valence-corrected chi connectivity index (χ2v) is 5.87. The fourth-order valence-electron chi connectivity index (χ4n) is 3.18. The standard InChI is InChI=1S/C18H15NO2/c20-16-11-13-10-12(6-7-15(13)19-16)17(21)18(8-9-18)14-4-2-1-3-5-14/h1-7,10H,8-9,11H2,(H,19,20). The summed E-state index contributed by atoms with van der Waals surface area (Å²) in [6, 6.07) is 15.5. The zero-order valence-corrected chi connectivity index (χ0v) is 11.6. The van der Waals surface area contributed by atoms with E-state index in [9.17, 15) is 9.59 Å². The van der Waals surface area contributed by atoms with Gasteiger partial charge >= 0.3 is 0 Å². The molecule has 0 atom stereocenters. The van der Waals surface area contributed by atoms with Gasteiger partial charge in [0.05, 0.1) is 11.8 Å². The fraction of sp³-hybridized carbons (Fsp3) is 0.222. The molecule has 2 aromatic carbocycles. The van der Waals surface area contributed by atoms with Gasteiger partial charge in [-0.2, -0.15) is 0 Å². The number of fused-ring (bicyclic) bond motifs is 1. The highest BCUT2D eigenvalue weighted by molar-refractivity contribution is 6.08. The van der Waals surface area contributed by atoms with Gasteiger partial charge < -0.3 is 5.32 Å². The van der Waals surface area contributed by atoms with Crippen LogP contribution in [0.4, 0.5) is 5.69 Å². The molecule has 1 aliphatic heterocycles. The lowest BCUT2D eigenvalue weighted by atomic mass is 9.87. The van der Waals surface area contributed by atoms with E-state index in [-0.39, 0.29) is 17.1 Å². The number of benzene rings is 2. The van der Waals surface area contributed by atoms with Gasteiger partial charge in [0.25, 0.3) is 0 Å². The van der Waals surface area contributed by atoms with Crippen LogP contribution in [0.1, 0.15) is 34.3 Å². The normalized spacial score (nSPS) is 18.0. The molecule has 0 aromatic heterocycles. The number of hydrogen-bond donors (Lipinski definition) is 1. The van der Waals surface area contributed by atoms with Crippen LogP contribution in [-0.2, 0) is 16.6 Å². The monoisotopic (exact) mass is 277 g/mol. The molecule has 1 fully saturated rings. The molecular formula is C18H15NO2. The van der Waals surface area contributed by atoms with Crippen molar-refractivity contribution in [3.8, 4) is 0 Å². The molecule has 1 aliphatic carbocycles. The first-order valence-corrected chi connectivity index (χ1v) is 7.22. The highest BCUT2D eigenvalue weighted by atomic mass is 16.2. The molecular weight excluding hydrogens is 262 g/mol. The summed E-state index contributed by atoms with van der Waals surface area (Å²) in [5.74, 6) is 0.176. The third-order valence-electron chi connectivity index (χ3n) is 4.50. The average Bonchev–Trinajstić information content (AvgIpc) is 3.23. The van der Waals surface area contributed by atoms with Crippen LogP contribution in [0, 0.1) is 0 Å². The molecule has 21 heavy (non-hydrogen) atoms. The Morgan fingerprint density at radius 1 is 1.05 bits per heavy atom. The van der Waals surface area contributed by atoms with Crippen LogP contribution in [-0.4, -0.2) is 11.7 Å². The van der Waals surface area contributed by atoms with Gasteiger partial charge in [-0.15, -0.1) is 0 Å². The van der Waals surface area contributed by atoms with E-state index in [4.69, 9.17) is 0 Å². The largest absolute Gasteiger partial charge is 0.326 e. The van der Waals surface area contributed by atoms with Crippen molar-refractivity contribution in [3.05, 3.63) is 65.2 Å². The first kappa shape index (κ1) is 12.3. The Hall–Kier alpha value is -2.42. The number of carbonyl (C=O) groups is 2. The first-order chi connectivity index (χ1) is 10.2. The van der Waals surface area contributed by atoms with Crippen molar-refractivity contribution in [3.63, 3.8) is 0 Å². The van der Waals surface area contributed by atoms with E-state index in [0.717, 1.165) is 29.7 Å². The van der Waals surface area contributed by atoms with Crippen molar-refractivity contribution in [1.29, 1.82) is 0 Å². The minimum absolute atomic E-state index is 0.00112. The molecule has 0 unspecified atom stereocenters. The number of hydrogen-bond acceptors (Lipinski definition) is 2. The van der Waals surface area contributed by atoms with Gasteiger partial charge in [-0.1, -0.05) is 30.3 Å². The number of carbonyl (C=O) groups excluding carboxylic acids is 2. The van der Waals surface area contributed by atoms with Gasteiger partial charge in [0, 0.05) is 11.3 Å². The second-order valence-electron chi connectivity index (χ2n) is 5.87. The summed E-state index contributed by atoms with van der Waals surface area (Å²) in [5.41, 5.74) is 3.23. The van der Waals surface area contributed by atoms with E-state index >= 15 is 0 Å². The molecule has 2 aliphatic rings. The third kappa shape index (κ3) is 1.88. The molecule has 1 heterocycles. The van der Waals surface area contributed by atoms with Gasteiger partial charge in [-0.25, -0.2) is 0 Å². The van der Waals surface area contributed by atoms with Crippen LogP contribution in [0.3, 0.4) is 0 Å². The molecule has 0 bridgehead atoms. The summed E-state index contributed by atoms with van der Waals surface area (Å²) < 4.78 is 0. The van der Waals surface area contributed by atoms with E-state index < -0.39 is 0 Å². The molecule has 3 heteroatoms. The molecule has 1 saturated carbocycles. The third-order valence-corrected chi connectivity index (χ3v) is 4.50. The lowest BCUT2D eigenvalue weighted by Crippen LogP contribution is -2.20. The predicted octanol–water partition coefficient (Wildman–Crippen LogP) is 3.10. The Bertz CT molecular complexity index is 745. The van der Waals surface area contributed by atoms with Crippen LogP contribution in [0.5, 0.6) is 0 Å². The molecule has 4 rings (SSSR count). The minimum atomic E-state index is -0.342. The summed E-state index contributed by atoms with van der Waals surface area (Å²) in [6.07, 6.45) is 2.18. The molecule has 0 saturated heterocycles. The number of amides is 1. The number of Topliss-reactive ketones (excluding diaryl/α,β-unsaturated/α-hetero) is 1. The lowest BCUT2D eigenvalue weighted by Gasteiger charge is -2.15. The average molecular weight is 277 g/mol. The molecule has 1 N–H and O–H groups in total. The summed E-state index contributed by atoms with van der Waals surface area (Å²) in [6.45, 7) is 0. The maximum atomic E-state index is 12.9.